The number of amides is 2. The Morgan fingerprint density at radius 2 is 2.31 bits per heavy atom. The summed E-state index contributed by atoms with van der Waals surface area (Å²) in [5.41, 5.74) is 1.01. The molecule has 4 heteroatoms. The van der Waals surface area contributed by atoms with Crippen LogP contribution >= 0.6 is 0 Å². The van der Waals surface area contributed by atoms with Crippen molar-refractivity contribution < 1.29 is 9.21 Å². The third kappa shape index (κ3) is 2.50. The first-order valence-corrected chi connectivity index (χ1v) is 4.09. The minimum Gasteiger partial charge on any atom is -0.469 e. The topological polar surface area (TPSA) is 45.5 Å². The summed E-state index contributed by atoms with van der Waals surface area (Å²) in [5.74, 6) is 0.846. The van der Waals surface area contributed by atoms with Crippen LogP contribution in [0, 0.1) is 6.92 Å². The van der Waals surface area contributed by atoms with Crippen molar-refractivity contribution in [3.05, 3.63) is 23.7 Å². The number of carbonyl (C=O) groups excluding carboxylic acids is 1. The Bertz CT molecular complexity index is 292. The summed E-state index contributed by atoms with van der Waals surface area (Å²) < 4.78 is 5.09. The molecular weight excluding hydrogens is 168 g/mol. The summed E-state index contributed by atoms with van der Waals surface area (Å²) in [7, 11) is 3.41. The minimum atomic E-state index is -0.0967. The van der Waals surface area contributed by atoms with Crippen molar-refractivity contribution in [2.45, 2.75) is 13.5 Å². The molecule has 1 N–H and O–H groups in total. The van der Waals surface area contributed by atoms with Crippen LogP contribution in [0.2, 0.25) is 0 Å². The van der Waals surface area contributed by atoms with E-state index in [4.69, 9.17) is 4.42 Å². The Labute approximate surface area is 77.5 Å². The summed E-state index contributed by atoms with van der Waals surface area (Å²) in [6, 6.07) is 1.76. The second-order valence-electron chi connectivity index (χ2n) is 3.06. The van der Waals surface area contributed by atoms with Crippen molar-refractivity contribution in [2.75, 3.05) is 14.1 Å². The molecule has 1 heterocycles. The zero-order chi connectivity index (χ0) is 9.84. The molecule has 0 aliphatic rings. The minimum absolute atomic E-state index is 0.0967. The number of nitrogens with zero attached hydrogens (tertiary/aromatic N) is 1. The number of hydrogen-bond donors (Lipinski definition) is 1. The lowest BCUT2D eigenvalue weighted by molar-refractivity contribution is 0.217. The Hall–Kier alpha value is -1.45. The smallest absolute Gasteiger partial charge is 0.317 e. The molecule has 0 saturated carbocycles. The highest BCUT2D eigenvalue weighted by Crippen LogP contribution is 2.07. The maximum atomic E-state index is 11.1. The molecule has 2 amide bonds. The van der Waals surface area contributed by atoms with Crippen LogP contribution in [0.25, 0.3) is 0 Å². The summed E-state index contributed by atoms with van der Waals surface area (Å²) in [4.78, 5) is 12.6. The summed E-state index contributed by atoms with van der Waals surface area (Å²) in [6.07, 6.45) is 1.62. The van der Waals surface area contributed by atoms with E-state index in [0.29, 0.717) is 6.54 Å². The molecule has 72 valence electrons. The van der Waals surface area contributed by atoms with Crippen molar-refractivity contribution >= 4 is 6.03 Å². The highest BCUT2D eigenvalue weighted by molar-refractivity contribution is 5.73. The van der Waals surface area contributed by atoms with E-state index in [1.165, 1.54) is 4.90 Å². The molecular formula is C9H14N2O2. The monoisotopic (exact) mass is 182 g/mol. The first kappa shape index (κ1) is 9.64. The van der Waals surface area contributed by atoms with Crippen molar-refractivity contribution in [3.8, 4) is 0 Å². The van der Waals surface area contributed by atoms with Crippen LogP contribution < -0.4 is 5.32 Å². The zero-order valence-corrected chi connectivity index (χ0v) is 8.13. The fraction of sp³-hybridized carbons (Fsp3) is 0.444. The Balaban J connectivity index is 2.44. The lowest BCUT2D eigenvalue weighted by Gasteiger charge is -2.11. The van der Waals surface area contributed by atoms with Gasteiger partial charge in [-0.25, -0.2) is 4.79 Å². The summed E-state index contributed by atoms with van der Waals surface area (Å²) >= 11 is 0. The molecule has 4 nitrogen and oxygen atoms in total. The van der Waals surface area contributed by atoms with Crippen LogP contribution in [0.5, 0.6) is 0 Å². The van der Waals surface area contributed by atoms with Crippen LogP contribution in [0.3, 0.4) is 0 Å². The second kappa shape index (κ2) is 3.98. The van der Waals surface area contributed by atoms with E-state index in [0.717, 1.165) is 11.3 Å². The predicted molar refractivity (Wildman–Crippen MR) is 49.4 cm³/mol. The number of rotatable bonds is 2. The van der Waals surface area contributed by atoms with Crippen LogP contribution in [-0.2, 0) is 6.54 Å². The number of nitrogens with one attached hydrogen (secondary N) is 1. The van der Waals surface area contributed by atoms with Gasteiger partial charge < -0.3 is 14.6 Å². The fourth-order valence-electron chi connectivity index (χ4n) is 0.924. The SMILES string of the molecule is Cc1occc1CNC(=O)N(C)C. The van der Waals surface area contributed by atoms with E-state index in [1.54, 1.807) is 20.4 Å². The molecule has 1 aromatic heterocycles. The van der Waals surface area contributed by atoms with E-state index in [9.17, 15) is 4.79 Å². The molecule has 1 aromatic rings. The van der Waals surface area contributed by atoms with Crippen molar-refractivity contribution in [2.24, 2.45) is 0 Å². The fourth-order valence-corrected chi connectivity index (χ4v) is 0.924. The molecule has 0 aliphatic carbocycles. The molecule has 0 radical (unpaired) electrons. The maximum Gasteiger partial charge on any atom is 0.317 e. The lowest BCUT2D eigenvalue weighted by atomic mass is 10.2. The molecule has 0 fully saturated rings. The normalized spacial score (nSPS) is 9.77. The van der Waals surface area contributed by atoms with Gasteiger partial charge in [0.25, 0.3) is 0 Å². The van der Waals surface area contributed by atoms with E-state index in [-0.39, 0.29) is 6.03 Å². The standard InChI is InChI=1S/C9H14N2O2/c1-7-8(4-5-13-7)6-10-9(12)11(2)3/h4-5H,6H2,1-3H3,(H,10,12). The molecule has 13 heavy (non-hydrogen) atoms. The molecule has 0 atom stereocenters. The molecule has 0 unspecified atom stereocenters. The number of carbonyl (C=O) groups is 1. The zero-order valence-electron chi connectivity index (χ0n) is 8.13. The maximum absolute atomic E-state index is 11.1. The molecule has 0 aliphatic heterocycles. The quantitative estimate of drug-likeness (QED) is 0.750. The Morgan fingerprint density at radius 3 is 2.77 bits per heavy atom. The van der Waals surface area contributed by atoms with Gasteiger partial charge in [-0.1, -0.05) is 0 Å². The van der Waals surface area contributed by atoms with Crippen LogP contribution in [0.15, 0.2) is 16.7 Å². The second-order valence-corrected chi connectivity index (χ2v) is 3.06. The Kier molecular flexibility index (Phi) is 2.95. The van der Waals surface area contributed by atoms with E-state index in [1.807, 2.05) is 13.0 Å². The van der Waals surface area contributed by atoms with E-state index < -0.39 is 0 Å². The van der Waals surface area contributed by atoms with Crippen molar-refractivity contribution in [1.82, 2.24) is 10.2 Å². The average molecular weight is 182 g/mol. The van der Waals surface area contributed by atoms with Gasteiger partial charge in [0.2, 0.25) is 0 Å². The van der Waals surface area contributed by atoms with Gasteiger partial charge in [0, 0.05) is 26.2 Å². The van der Waals surface area contributed by atoms with E-state index >= 15 is 0 Å². The van der Waals surface area contributed by atoms with Crippen LogP contribution in [0.1, 0.15) is 11.3 Å². The van der Waals surface area contributed by atoms with Crippen molar-refractivity contribution in [3.63, 3.8) is 0 Å². The predicted octanol–water partition coefficient (Wildman–Crippen LogP) is 1.36. The first-order valence-electron chi connectivity index (χ1n) is 4.09. The highest BCUT2D eigenvalue weighted by atomic mass is 16.3. The third-order valence-corrected chi connectivity index (χ3v) is 1.80. The summed E-state index contributed by atoms with van der Waals surface area (Å²) in [5, 5.41) is 2.75. The number of aryl methyl sites for hydroxylation is 1. The average Bonchev–Trinajstić information content (AvgIpc) is 2.47. The molecule has 0 saturated heterocycles. The van der Waals surface area contributed by atoms with Crippen LogP contribution in [-0.4, -0.2) is 25.0 Å². The van der Waals surface area contributed by atoms with E-state index in [2.05, 4.69) is 5.32 Å². The van der Waals surface area contributed by atoms with Gasteiger partial charge in [-0.15, -0.1) is 0 Å². The lowest BCUT2D eigenvalue weighted by Crippen LogP contribution is -2.33. The first-order chi connectivity index (χ1) is 6.11. The van der Waals surface area contributed by atoms with Gasteiger partial charge in [0.1, 0.15) is 5.76 Å². The largest absolute Gasteiger partial charge is 0.469 e. The van der Waals surface area contributed by atoms with Gasteiger partial charge in [-0.2, -0.15) is 0 Å². The molecule has 1 rings (SSSR count). The number of hydrogen-bond acceptors (Lipinski definition) is 2. The van der Waals surface area contributed by atoms with Crippen LogP contribution in [0.4, 0.5) is 4.79 Å². The van der Waals surface area contributed by atoms with Gasteiger partial charge >= 0.3 is 6.03 Å². The van der Waals surface area contributed by atoms with Gasteiger partial charge in [-0.3, -0.25) is 0 Å². The number of urea groups is 1. The molecule has 0 aromatic carbocycles. The number of furan rings is 1. The molecule has 0 bridgehead atoms. The Morgan fingerprint density at radius 1 is 1.62 bits per heavy atom. The third-order valence-electron chi connectivity index (χ3n) is 1.80. The van der Waals surface area contributed by atoms with Gasteiger partial charge in [0.15, 0.2) is 0 Å². The van der Waals surface area contributed by atoms with Crippen molar-refractivity contribution in [1.29, 1.82) is 0 Å². The summed E-state index contributed by atoms with van der Waals surface area (Å²) in [6.45, 7) is 2.39. The highest BCUT2D eigenvalue weighted by Gasteiger charge is 2.05. The van der Waals surface area contributed by atoms with Gasteiger partial charge in [0.05, 0.1) is 6.26 Å². The van der Waals surface area contributed by atoms with Gasteiger partial charge in [-0.05, 0) is 13.0 Å². The molecule has 0 spiro atoms.